The molecule has 0 unspecified atom stereocenters. The summed E-state index contributed by atoms with van der Waals surface area (Å²) in [6, 6.07) is 12.6. The highest BCUT2D eigenvalue weighted by atomic mass is 16.2. The maximum Gasteiger partial charge on any atom is 0.254 e. The van der Waals surface area contributed by atoms with Gasteiger partial charge in [-0.1, -0.05) is 37.3 Å². The quantitative estimate of drug-likeness (QED) is 0.920. The molecular formula is C20H25N3O. The van der Waals surface area contributed by atoms with E-state index in [1.54, 1.807) is 6.20 Å². The van der Waals surface area contributed by atoms with Gasteiger partial charge in [0.15, 0.2) is 0 Å². The van der Waals surface area contributed by atoms with Gasteiger partial charge in [0.05, 0.1) is 0 Å². The lowest BCUT2D eigenvalue weighted by atomic mass is 10.0. The van der Waals surface area contributed by atoms with Gasteiger partial charge in [0, 0.05) is 43.6 Å². The van der Waals surface area contributed by atoms with Crippen LogP contribution in [0.3, 0.4) is 0 Å². The molecule has 1 aliphatic rings. The van der Waals surface area contributed by atoms with Crippen molar-refractivity contribution in [3.8, 4) is 0 Å². The van der Waals surface area contributed by atoms with Crippen LogP contribution in [0.1, 0.15) is 41.3 Å². The van der Waals surface area contributed by atoms with Crippen LogP contribution in [0.15, 0.2) is 48.8 Å². The van der Waals surface area contributed by atoms with Crippen LogP contribution in [-0.2, 0) is 13.0 Å². The van der Waals surface area contributed by atoms with Gasteiger partial charge < -0.3 is 10.2 Å². The molecule has 24 heavy (non-hydrogen) atoms. The van der Waals surface area contributed by atoms with Gasteiger partial charge in [0.2, 0.25) is 0 Å². The Morgan fingerprint density at radius 3 is 2.92 bits per heavy atom. The SMILES string of the molecule is CCc1cnccc1C(=O)N1CCC[C@H](NCc2ccccc2)C1. The van der Waals surface area contributed by atoms with Crippen LogP contribution in [0.5, 0.6) is 0 Å². The molecule has 1 atom stereocenters. The molecule has 0 radical (unpaired) electrons. The monoisotopic (exact) mass is 323 g/mol. The van der Waals surface area contributed by atoms with Gasteiger partial charge in [0.1, 0.15) is 0 Å². The number of piperidine rings is 1. The van der Waals surface area contributed by atoms with Crippen LogP contribution >= 0.6 is 0 Å². The van der Waals surface area contributed by atoms with E-state index in [1.165, 1.54) is 5.56 Å². The second-order valence-corrected chi connectivity index (χ2v) is 6.34. The molecule has 2 aromatic rings. The molecule has 4 nitrogen and oxygen atoms in total. The summed E-state index contributed by atoms with van der Waals surface area (Å²) in [6.45, 7) is 4.53. The highest BCUT2D eigenvalue weighted by Crippen LogP contribution is 2.17. The maximum absolute atomic E-state index is 12.9. The first-order chi connectivity index (χ1) is 11.8. The Hall–Kier alpha value is -2.20. The second kappa shape index (κ2) is 8.06. The van der Waals surface area contributed by atoms with E-state index < -0.39 is 0 Å². The minimum atomic E-state index is 0.139. The lowest BCUT2D eigenvalue weighted by Gasteiger charge is -2.33. The number of rotatable bonds is 5. The Kier molecular flexibility index (Phi) is 5.59. The molecule has 2 heterocycles. The van der Waals surface area contributed by atoms with E-state index in [0.717, 1.165) is 50.0 Å². The van der Waals surface area contributed by atoms with E-state index in [0.29, 0.717) is 6.04 Å². The van der Waals surface area contributed by atoms with Gasteiger partial charge in [0.25, 0.3) is 5.91 Å². The van der Waals surface area contributed by atoms with Crippen molar-refractivity contribution >= 4 is 5.91 Å². The molecule has 0 saturated carbocycles. The van der Waals surface area contributed by atoms with Crippen molar-refractivity contribution < 1.29 is 4.79 Å². The molecule has 1 saturated heterocycles. The number of amides is 1. The number of hydrogen-bond donors (Lipinski definition) is 1. The Labute approximate surface area is 143 Å². The number of benzene rings is 1. The van der Waals surface area contributed by atoms with Crippen molar-refractivity contribution in [1.82, 2.24) is 15.2 Å². The van der Waals surface area contributed by atoms with E-state index >= 15 is 0 Å². The molecule has 4 heteroatoms. The van der Waals surface area contributed by atoms with Crippen LogP contribution in [0.2, 0.25) is 0 Å². The molecule has 1 N–H and O–H groups in total. The normalized spacial score (nSPS) is 17.7. The zero-order valence-corrected chi connectivity index (χ0v) is 14.2. The fourth-order valence-electron chi connectivity index (χ4n) is 3.27. The topological polar surface area (TPSA) is 45.2 Å². The van der Waals surface area contributed by atoms with Crippen LogP contribution in [0.4, 0.5) is 0 Å². The Morgan fingerprint density at radius 2 is 2.12 bits per heavy atom. The zero-order chi connectivity index (χ0) is 16.8. The number of nitrogens with one attached hydrogen (secondary N) is 1. The Morgan fingerprint density at radius 1 is 1.29 bits per heavy atom. The number of nitrogens with zero attached hydrogens (tertiary/aromatic N) is 2. The lowest BCUT2D eigenvalue weighted by molar-refractivity contribution is 0.0693. The number of carbonyl (C=O) groups is 1. The number of likely N-dealkylation sites (tertiary alicyclic amines) is 1. The summed E-state index contributed by atoms with van der Waals surface area (Å²) < 4.78 is 0. The standard InChI is InChI=1S/C20H25N3O/c1-2-17-14-21-11-10-19(17)20(24)23-12-6-9-18(15-23)22-13-16-7-4-3-5-8-16/h3-5,7-8,10-11,14,18,22H,2,6,9,12-13,15H2,1H3/t18-/m0/s1. The fraction of sp³-hybridized carbons (Fsp3) is 0.400. The Bertz CT molecular complexity index is 672. The smallest absolute Gasteiger partial charge is 0.254 e. The average Bonchev–Trinajstić information content (AvgIpc) is 2.67. The van der Waals surface area contributed by atoms with Crippen molar-refractivity contribution in [2.75, 3.05) is 13.1 Å². The number of pyridine rings is 1. The zero-order valence-electron chi connectivity index (χ0n) is 14.2. The van der Waals surface area contributed by atoms with Gasteiger partial charge >= 0.3 is 0 Å². The molecule has 1 fully saturated rings. The molecule has 1 aliphatic heterocycles. The summed E-state index contributed by atoms with van der Waals surface area (Å²) in [7, 11) is 0. The van der Waals surface area contributed by atoms with Crippen molar-refractivity contribution in [3.05, 3.63) is 65.5 Å². The summed E-state index contributed by atoms with van der Waals surface area (Å²) in [5, 5.41) is 3.60. The second-order valence-electron chi connectivity index (χ2n) is 6.34. The van der Waals surface area contributed by atoms with E-state index in [4.69, 9.17) is 0 Å². The molecule has 0 bridgehead atoms. The van der Waals surface area contributed by atoms with Gasteiger partial charge in [-0.15, -0.1) is 0 Å². The van der Waals surface area contributed by atoms with E-state index in [-0.39, 0.29) is 5.91 Å². The highest BCUT2D eigenvalue weighted by molar-refractivity contribution is 5.95. The molecule has 1 aromatic carbocycles. The van der Waals surface area contributed by atoms with Crippen LogP contribution in [0, 0.1) is 0 Å². The van der Waals surface area contributed by atoms with Gasteiger partial charge in [-0.25, -0.2) is 0 Å². The van der Waals surface area contributed by atoms with Gasteiger partial charge in [-0.3, -0.25) is 9.78 Å². The molecule has 3 rings (SSSR count). The first-order valence-electron chi connectivity index (χ1n) is 8.77. The van der Waals surface area contributed by atoms with E-state index in [9.17, 15) is 4.79 Å². The Balaban J connectivity index is 1.61. The number of aromatic nitrogens is 1. The molecule has 1 amide bonds. The van der Waals surface area contributed by atoms with Crippen LogP contribution in [-0.4, -0.2) is 34.9 Å². The summed E-state index contributed by atoms with van der Waals surface area (Å²) in [5.74, 6) is 0.139. The molecule has 0 aliphatic carbocycles. The summed E-state index contributed by atoms with van der Waals surface area (Å²) in [5.41, 5.74) is 3.11. The minimum absolute atomic E-state index is 0.139. The van der Waals surface area contributed by atoms with Crippen molar-refractivity contribution in [2.45, 2.75) is 38.8 Å². The third-order valence-electron chi connectivity index (χ3n) is 4.66. The first kappa shape index (κ1) is 16.7. The minimum Gasteiger partial charge on any atom is -0.337 e. The van der Waals surface area contributed by atoms with Gasteiger partial charge in [-0.2, -0.15) is 0 Å². The van der Waals surface area contributed by atoms with Crippen LogP contribution in [0.25, 0.3) is 0 Å². The van der Waals surface area contributed by atoms with Crippen molar-refractivity contribution in [1.29, 1.82) is 0 Å². The summed E-state index contributed by atoms with van der Waals surface area (Å²) in [6.07, 6.45) is 6.51. The van der Waals surface area contributed by atoms with Gasteiger partial charge in [-0.05, 0) is 36.5 Å². The maximum atomic E-state index is 12.9. The third-order valence-corrected chi connectivity index (χ3v) is 4.66. The average molecular weight is 323 g/mol. The van der Waals surface area contributed by atoms with Crippen molar-refractivity contribution in [2.24, 2.45) is 0 Å². The predicted molar refractivity (Wildman–Crippen MR) is 95.8 cm³/mol. The highest BCUT2D eigenvalue weighted by Gasteiger charge is 2.25. The lowest BCUT2D eigenvalue weighted by Crippen LogP contribution is -2.48. The number of hydrogen-bond acceptors (Lipinski definition) is 3. The number of aryl methyl sites for hydroxylation is 1. The number of carbonyl (C=O) groups excluding carboxylic acids is 1. The first-order valence-corrected chi connectivity index (χ1v) is 8.77. The third kappa shape index (κ3) is 4.01. The van der Waals surface area contributed by atoms with Crippen molar-refractivity contribution in [3.63, 3.8) is 0 Å². The largest absolute Gasteiger partial charge is 0.337 e. The van der Waals surface area contributed by atoms with E-state index in [1.807, 2.05) is 23.2 Å². The van der Waals surface area contributed by atoms with Crippen LogP contribution < -0.4 is 5.32 Å². The molecule has 0 spiro atoms. The molecular weight excluding hydrogens is 298 g/mol. The predicted octanol–water partition coefficient (Wildman–Crippen LogP) is 3.04. The molecule has 1 aromatic heterocycles. The summed E-state index contributed by atoms with van der Waals surface area (Å²) in [4.78, 5) is 19.0. The molecule has 126 valence electrons. The van der Waals surface area contributed by atoms with E-state index in [2.05, 4.69) is 41.5 Å². The fourth-order valence-corrected chi connectivity index (χ4v) is 3.27. The summed E-state index contributed by atoms with van der Waals surface area (Å²) >= 11 is 0.